The number of carboxylic acids is 1. The third-order valence-corrected chi connectivity index (χ3v) is 3.83. The van der Waals surface area contributed by atoms with E-state index in [0.717, 1.165) is 0 Å². The van der Waals surface area contributed by atoms with Gasteiger partial charge in [0.25, 0.3) is 0 Å². The predicted molar refractivity (Wildman–Crippen MR) is 75.3 cm³/mol. The molecule has 0 aromatic heterocycles. The number of hydrogen-bond donors (Lipinski definition) is 2. The first-order valence-corrected chi connectivity index (χ1v) is 6.52. The SMILES string of the molecule is COCCC(C)(Nc1ccc(Cl)c(Br)c1)C(=O)O. The predicted octanol–water partition coefficient (Wildman–Crippen LogP) is 3.39. The molecule has 0 bridgehead atoms. The van der Waals surface area contributed by atoms with Crippen LogP contribution < -0.4 is 5.32 Å². The molecule has 0 amide bonds. The zero-order chi connectivity index (χ0) is 13.8. The van der Waals surface area contributed by atoms with Crippen molar-refractivity contribution in [3.63, 3.8) is 0 Å². The van der Waals surface area contributed by atoms with E-state index in [4.69, 9.17) is 16.3 Å². The molecule has 100 valence electrons. The Labute approximate surface area is 119 Å². The zero-order valence-electron chi connectivity index (χ0n) is 10.2. The molecule has 1 rings (SSSR count). The molecule has 0 fully saturated rings. The molecule has 0 radical (unpaired) electrons. The first-order chi connectivity index (χ1) is 8.39. The maximum Gasteiger partial charge on any atom is 0.329 e. The van der Waals surface area contributed by atoms with Gasteiger partial charge in [0.15, 0.2) is 0 Å². The third kappa shape index (κ3) is 3.86. The van der Waals surface area contributed by atoms with Crippen LogP contribution >= 0.6 is 27.5 Å². The van der Waals surface area contributed by atoms with Crippen LogP contribution in [-0.4, -0.2) is 30.3 Å². The molecule has 1 atom stereocenters. The summed E-state index contributed by atoms with van der Waals surface area (Å²) in [6.07, 6.45) is 0.360. The van der Waals surface area contributed by atoms with Gasteiger partial charge in [-0.3, -0.25) is 0 Å². The highest BCUT2D eigenvalue weighted by atomic mass is 79.9. The van der Waals surface area contributed by atoms with Crippen LogP contribution in [-0.2, 0) is 9.53 Å². The van der Waals surface area contributed by atoms with E-state index in [1.54, 1.807) is 32.2 Å². The Kier molecular flexibility index (Phi) is 5.44. The molecular weight excluding hydrogens is 321 g/mol. The van der Waals surface area contributed by atoms with Gasteiger partial charge in [0.05, 0.1) is 5.02 Å². The largest absolute Gasteiger partial charge is 0.480 e. The molecule has 0 aliphatic rings. The second-order valence-electron chi connectivity index (χ2n) is 4.13. The monoisotopic (exact) mass is 335 g/mol. The maximum absolute atomic E-state index is 11.3. The van der Waals surface area contributed by atoms with Crippen molar-refractivity contribution >= 4 is 39.2 Å². The summed E-state index contributed by atoms with van der Waals surface area (Å²) in [6, 6.07) is 5.18. The van der Waals surface area contributed by atoms with Crippen LogP contribution in [0.2, 0.25) is 5.02 Å². The minimum atomic E-state index is -1.08. The third-order valence-electron chi connectivity index (χ3n) is 2.62. The normalized spacial score (nSPS) is 14.0. The molecule has 0 saturated heterocycles. The molecule has 18 heavy (non-hydrogen) atoms. The lowest BCUT2D eigenvalue weighted by molar-refractivity contribution is -0.142. The van der Waals surface area contributed by atoms with Crippen LogP contribution in [0.25, 0.3) is 0 Å². The quantitative estimate of drug-likeness (QED) is 0.836. The van der Waals surface area contributed by atoms with Gasteiger partial charge in [0, 0.05) is 30.3 Å². The Hall–Kier alpha value is -0.780. The lowest BCUT2D eigenvalue weighted by atomic mass is 9.98. The van der Waals surface area contributed by atoms with E-state index in [2.05, 4.69) is 21.2 Å². The number of aliphatic carboxylic acids is 1. The average Bonchev–Trinajstić information content (AvgIpc) is 2.31. The van der Waals surface area contributed by atoms with Gasteiger partial charge in [-0.15, -0.1) is 0 Å². The standard InChI is InChI=1S/C12H15BrClNO3/c1-12(11(16)17,5-6-18-2)15-8-3-4-10(14)9(13)7-8/h3-4,7,15H,5-6H2,1-2H3,(H,16,17). The number of carboxylic acid groups (broad SMARTS) is 1. The second-order valence-corrected chi connectivity index (χ2v) is 5.40. The van der Waals surface area contributed by atoms with Gasteiger partial charge in [-0.2, -0.15) is 0 Å². The Bertz CT molecular complexity index is 441. The van der Waals surface area contributed by atoms with Gasteiger partial charge in [0.2, 0.25) is 0 Å². The second kappa shape index (κ2) is 6.41. The number of ether oxygens (including phenoxy) is 1. The van der Waals surface area contributed by atoms with Crippen molar-refractivity contribution in [2.45, 2.75) is 18.9 Å². The number of carbonyl (C=O) groups is 1. The van der Waals surface area contributed by atoms with Crippen molar-refractivity contribution in [2.75, 3.05) is 19.0 Å². The fourth-order valence-corrected chi connectivity index (χ4v) is 1.92. The van der Waals surface area contributed by atoms with Gasteiger partial charge in [-0.25, -0.2) is 4.79 Å². The molecule has 0 aliphatic heterocycles. The minimum Gasteiger partial charge on any atom is -0.480 e. The summed E-state index contributed by atoms with van der Waals surface area (Å²) in [7, 11) is 1.54. The highest BCUT2D eigenvalue weighted by Crippen LogP contribution is 2.28. The van der Waals surface area contributed by atoms with E-state index in [0.29, 0.717) is 28.2 Å². The summed E-state index contributed by atoms with van der Waals surface area (Å²) >= 11 is 9.19. The lowest BCUT2D eigenvalue weighted by Gasteiger charge is -2.27. The number of rotatable bonds is 6. The van der Waals surface area contributed by atoms with E-state index in [-0.39, 0.29) is 0 Å². The highest BCUT2D eigenvalue weighted by Gasteiger charge is 2.32. The van der Waals surface area contributed by atoms with E-state index >= 15 is 0 Å². The molecule has 0 spiro atoms. The molecule has 0 aliphatic carbocycles. The fourth-order valence-electron chi connectivity index (χ4n) is 1.42. The Morgan fingerprint density at radius 2 is 2.28 bits per heavy atom. The first kappa shape index (κ1) is 15.3. The van der Waals surface area contributed by atoms with E-state index in [1.165, 1.54) is 0 Å². The summed E-state index contributed by atoms with van der Waals surface area (Å²) < 4.78 is 5.65. The lowest BCUT2D eigenvalue weighted by Crippen LogP contribution is -2.44. The summed E-state index contributed by atoms with van der Waals surface area (Å²) in [5.41, 5.74) is -0.393. The van der Waals surface area contributed by atoms with Crippen LogP contribution in [0.5, 0.6) is 0 Å². The van der Waals surface area contributed by atoms with Gasteiger partial charge < -0.3 is 15.2 Å². The van der Waals surface area contributed by atoms with Crippen LogP contribution in [0.15, 0.2) is 22.7 Å². The molecule has 6 heteroatoms. The summed E-state index contributed by atoms with van der Waals surface area (Å²) in [5, 5.41) is 12.9. The topological polar surface area (TPSA) is 58.6 Å². The van der Waals surface area contributed by atoms with Crippen LogP contribution in [0.3, 0.4) is 0 Å². The van der Waals surface area contributed by atoms with Crippen molar-refractivity contribution in [3.05, 3.63) is 27.7 Å². The molecule has 4 nitrogen and oxygen atoms in total. The van der Waals surface area contributed by atoms with E-state index in [1.807, 2.05) is 0 Å². The fraction of sp³-hybridized carbons (Fsp3) is 0.417. The summed E-state index contributed by atoms with van der Waals surface area (Å²) in [5.74, 6) is -0.925. The zero-order valence-corrected chi connectivity index (χ0v) is 12.5. The maximum atomic E-state index is 11.3. The van der Waals surface area contributed by atoms with Crippen molar-refractivity contribution in [1.82, 2.24) is 0 Å². The Morgan fingerprint density at radius 1 is 1.61 bits per heavy atom. The molecule has 1 unspecified atom stereocenters. The molecular formula is C12H15BrClNO3. The van der Waals surface area contributed by atoms with Crippen LogP contribution in [0.1, 0.15) is 13.3 Å². The average molecular weight is 337 g/mol. The van der Waals surface area contributed by atoms with Gasteiger partial charge in [-0.1, -0.05) is 11.6 Å². The van der Waals surface area contributed by atoms with Crippen molar-refractivity contribution in [2.24, 2.45) is 0 Å². The number of hydrogen-bond acceptors (Lipinski definition) is 3. The number of benzene rings is 1. The number of nitrogens with one attached hydrogen (secondary N) is 1. The van der Waals surface area contributed by atoms with Crippen molar-refractivity contribution in [1.29, 1.82) is 0 Å². The van der Waals surface area contributed by atoms with E-state index in [9.17, 15) is 9.90 Å². The molecule has 0 heterocycles. The van der Waals surface area contributed by atoms with Crippen LogP contribution in [0.4, 0.5) is 5.69 Å². The van der Waals surface area contributed by atoms with Crippen LogP contribution in [0, 0.1) is 0 Å². The molecule has 2 N–H and O–H groups in total. The summed E-state index contributed by atoms with van der Waals surface area (Å²) in [6.45, 7) is 1.99. The highest BCUT2D eigenvalue weighted by molar-refractivity contribution is 9.10. The Balaban J connectivity index is 2.89. The number of halogens is 2. The van der Waals surface area contributed by atoms with E-state index < -0.39 is 11.5 Å². The molecule has 1 aromatic rings. The van der Waals surface area contributed by atoms with Gasteiger partial charge in [-0.05, 0) is 41.1 Å². The molecule has 0 saturated carbocycles. The minimum absolute atomic E-state index is 0.360. The Morgan fingerprint density at radius 3 is 2.78 bits per heavy atom. The van der Waals surface area contributed by atoms with Crippen molar-refractivity contribution in [3.8, 4) is 0 Å². The number of anilines is 1. The first-order valence-electron chi connectivity index (χ1n) is 5.34. The van der Waals surface area contributed by atoms with Gasteiger partial charge >= 0.3 is 5.97 Å². The number of methoxy groups -OCH3 is 1. The smallest absolute Gasteiger partial charge is 0.329 e. The molecule has 1 aromatic carbocycles. The van der Waals surface area contributed by atoms with Crippen molar-refractivity contribution < 1.29 is 14.6 Å². The van der Waals surface area contributed by atoms with Gasteiger partial charge in [0.1, 0.15) is 5.54 Å². The summed E-state index contributed by atoms with van der Waals surface area (Å²) in [4.78, 5) is 11.3.